The maximum atomic E-state index is 11.7. The molecule has 1 aromatic rings. The molecular weight excluding hydrogens is 267 g/mol. The highest BCUT2D eigenvalue weighted by Crippen LogP contribution is 2.35. The number of rotatable bonds is 0. The SMILES string of the molecule is O=C1CCCOc2c(Br)cc(Cl)cc21. The lowest BCUT2D eigenvalue weighted by Gasteiger charge is -2.08. The number of Topliss-reactive ketones (excluding diaryl/α,β-unsaturated/α-hetero) is 1. The van der Waals surface area contributed by atoms with E-state index in [1.54, 1.807) is 12.1 Å². The lowest BCUT2D eigenvalue weighted by Crippen LogP contribution is -1.98. The van der Waals surface area contributed by atoms with Crippen molar-refractivity contribution < 1.29 is 9.53 Å². The van der Waals surface area contributed by atoms with Crippen molar-refractivity contribution in [2.75, 3.05) is 6.61 Å². The molecule has 0 aromatic heterocycles. The van der Waals surface area contributed by atoms with Gasteiger partial charge in [-0.2, -0.15) is 0 Å². The van der Waals surface area contributed by atoms with Gasteiger partial charge in [-0.1, -0.05) is 11.6 Å². The van der Waals surface area contributed by atoms with Crippen LogP contribution in [-0.4, -0.2) is 12.4 Å². The van der Waals surface area contributed by atoms with E-state index in [-0.39, 0.29) is 5.78 Å². The molecule has 1 aliphatic heterocycles. The number of ether oxygens (including phenoxy) is 1. The third-order valence-electron chi connectivity index (χ3n) is 2.10. The minimum Gasteiger partial charge on any atom is -0.492 e. The maximum absolute atomic E-state index is 11.7. The van der Waals surface area contributed by atoms with Gasteiger partial charge in [0.1, 0.15) is 5.75 Å². The average molecular weight is 276 g/mol. The quantitative estimate of drug-likeness (QED) is 0.725. The Balaban J connectivity index is 2.58. The summed E-state index contributed by atoms with van der Waals surface area (Å²) in [5.74, 6) is 0.720. The second kappa shape index (κ2) is 3.91. The van der Waals surface area contributed by atoms with Gasteiger partial charge >= 0.3 is 0 Å². The summed E-state index contributed by atoms with van der Waals surface area (Å²) in [5.41, 5.74) is 0.585. The summed E-state index contributed by atoms with van der Waals surface area (Å²) >= 11 is 9.20. The van der Waals surface area contributed by atoms with E-state index in [1.165, 1.54) is 0 Å². The van der Waals surface area contributed by atoms with Crippen LogP contribution in [0.25, 0.3) is 0 Å². The summed E-state index contributed by atoms with van der Waals surface area (Å²) < 4.78 is 6.22. The Kier molecular flexibility index (Phi) is 2.79. The molecule has 1 aliphatic rings. The molecule has 0 atom stereocenters. The fraction of sp³-hybridized carbons (Fsp3) is 0.300. The molecule has 2 rings (SSSR count). The van der Waals surface area contributed by atoms with Crippen LogP contribution in [-0.2, 0) is 0 Å². The standard InChI is InChI=1S/C10H8BrClO2/c11-8-5-6(12)4-7-9(13)2-1-3-14-10(7)8/h4-5H,1-3H2. The number of carbonyl (C=O) groups excluding carboxylic acids is 1. The fourth-order valence-corrected chi connectivity index (χ4v) is 2.38. The average Bonchev–Trinajstić information content (AvgIpc) is 2.29. The van der Waals surface area contributed by atoms with Crippen LogP contribution < -0.4 is 4.74 Å². The Labute approximate surface area is 95.3 Å². The first-order valence-electron chi connectivity index (χ1n) is 4.33. The van der Waals surface area contributed by atoms with Crippen LogP contribution in [0.3, 0.4) is 0 Å². The van der Waals surface area contributed by atoms with Crippen LogP contribution in [0.4, 0.5) is 0 Å². The van der Waals surface area contributed by atoms with Crippen LogP contribution in [0.1, 0.15) is 23.2 Å². The maximum Gasteiger partial charge on any atom is 0.166 e. The van der Waals surface area contributed by atoms with E-state index in [0.29, 0.717) is 29.4 Å². The Morgan fingerprint density at radius 3 is 3.00 bits per heavy atom. The van der Waals surface area contributed by atoms with Crippen molar-refractivity contribution in [3.8, 4) is 5.75 Å². The van der Waals surface area contributed by atoms with Gasteiger partial charge in [0, 0.05) is 11.4 Å². The highest BCUT2D eigenvalue weighted by molar-refractivity contribution is 9.10. The predicted molar refractivity (Wildman–Crippen MR) is 58.2 cm³/mol. The molecule has 0 spiro atoms. The van der Waals surface area contributed by atoms with Crippen molar-refractivity contribution in [2.45, 2.75) is 12.8 Å². The van der Waals surface area contributed by atoms with Crippen molar-refractivity contribution in [1.82, 2.24) is 0 Å². The van der Waals surface area contributed by atoms with Gasteiger partial charge in [-0.3, -0.25) is 4.79 Å². The smallest absolute Gasteiger partial charge is 0.166 e. The van der Waals surface area contributed by atoms with E-state index in [1.807, 2.05) is 0 Å². The van der Waals surface area contributed by atoms with Crippen molar-refractivity contribution in [2.24, 2.45) is 0 Å². The van der Waals surface area contributed by atoms with Crippen molar-refractivity contribution in [1.29, 1.82) is 0 Å². The largest absolute Gasteiger partial charge is 0.492 e. The molecule has 0 unspecified atom stereocenters. The molecule has 1 heterocycles. The first kappa shape index (κ1) is 9.99. The molecule has 0 amide bonds. The van der Waals surface area contributed by atoms with Crippen LogP contribution in [0, 0.1) is 0 Å². The van der Waals surface area contributed by atoms with E-state index >= 15 is 0 Å². The Hall–Kier alpha value is -0.540. The number of hydrogen-bond acceptors (Lipinski definition) is 2. The number of benzene rings is 1. The third kappa shape index (κ3) is 1.79. The van der Waals surface area contributed by atoms with Gasteiger partial charge in [0.25, 0.3) is 0 Å². The van der Waals surface area contributed by atoms with E-state index in [0.717, 1.165) is 10.9 Å². The molecule has 74 valence electrons. The summed E-state index contributed by atoms with van der Waals surface area (Å²) in [6, 6.07) is 3.40. The topological polar surface area (TPSA) is 26.3 Å². The lowest BCUT2D eigenvalue weighted by molar-refractivity contribution is 0.0983. The summed E-state index contributed by atoms with van der Waals surface area (Å²) in [6.45, 7) is 0.582. The van der Waals surface area contributed by atoms with Gasteiger partial charge in [0.2, 0.25) is 0 Å². The molecule has 0 aliphatic carbocycles. The summed E-state index contributed by atoms with van der Waals surface area (Å²) in [7, 11) is 0. The molecule has 1 aromatic carbocycles. The predicted octanol–water partition coefficient (Wildman–Crippen LogP) is 3.46. The van der Waals surface area contributed by atoms with Gasteiger partial charge < -0.3 is 4.74 Å². The number of carbonyl (C=O) groups is 1. The van der Waals surface area contributed by atoms with Gasteiger partial charge in [-0.25, -0.2) is 0 Å². The first-order valence-corrected chi connectivity index (χ1v) is 5.50. The number of fused-ring (bicyclic) bond motifs is 1. The van der Waals surface area contributed by atoms with Crippen molar-refractivity contribution in [3.63, 3.8) is 0 Å². The van der Waals surface area contributed by atoms with Gasteiger partial charge in [-0.05, 0) is 34.5 Å². The van der Waals surface area contributed by atoms with Crippen molar-refractivity contribution in [3.05, 3.63) is 27.2 Å². The Bertz CT molecular complexity index is 390. The minimum absolute atomic E-state index is 0.0979. The second-order valence-corrected chi connectivity index (χ2v) is 4.43. The first-order chi connectivity index (χ1) is 6.68. The molecule has 0 fully saturated rings. The lowest BCUT2D eigenvalue weighted by atomic mass is 10.1. The Morgan fingerprint density at radius 2 is 2.21 bits per heavy atom. The van der Waals surface area contributed by atoms with E-state index in [4.69, 9.17) is 16.3 Å². The highest BCUT2D eigenvalue weighted by Gasteiger charge is 2.19. The molecular formula is C10H8BrClO2. The minimum atomic E-state index is 0.0979. The van der Waals surface area contributed by atoms with Crippen LogP contribution in [0.15, 0.2) is 16.6 Å². The van der Waals surface area contributed by atoms with Crippen molar-refractivity contribution >= 4 is 33.3 Å². The van der Waals surface area contributed by atoms with Gasteiger partial charge in [0.15, 0.2) is 5.78 Å². The molecule has 0 saturated heterocycles. The number of halogens is 2. The Morgan fingerprint density at radius 1 is 1.43 bits per heavy atom. The molecule has 0 N–H and O–H groups in total. The van der Waals surface area contributed by atoms with Gasteiger partial charge in [-0.15, -0.1) is 0 Å². The fourth-order valence-electron chi connectivity index (χ4n) is 1.46. The molecule has 0 radical (unpaired) electrons. The molecule has 0 saturated carbocycles. The van der Waals surface area contributed by atoms with Gasteiger partial charge in [0.05, 0.1) is 16.6 Å². The third-order valence-corrected chi connectivity index (χ3v) is 2.91. The van der Waals surface area contributed by atoms with E-state index < -0.39 is 0 Å². The van der Waals surface area contributed by atoms with Crippen LogP contribution in [0.2, 0.25) is 5.02 Å². The van der Waals surface area contributed by atoms with E-state index in [2.05, 4.69) is 15.9 Å². The summed E-state index contributed by atoms with van der Waals surface area (Å²) in [6.07, 6.45) is 1.29. The highest BCUT2D eigenvalue weighted by atomic mass is 79.9. The van der Waals surface area contributed by atoms with E-state index in [9.17, 15) is 4.79 Å². The zero-order valence-electron chi connectivity index (χ0n) is 7.35. The molecule has 4 heteroatoms. The summed E-state index contributed by atoms with van der Waals surface area (Å²) in [5, 5.41) is 0.550. The van der Waals surface area contributed by atoms with Crippen LogP contribution in [0.5, 0.6) is 5.75 Å². The zero-order valence-corrected chi connectivity index (χ0v) is 9.69. The zero-order chi connectivity index (χ0) is 10.1. The molecule has 2 nitrogen and oxygen atoms in total. The molecule has 14 heavy (non-hydrogen) atoms. The summed E-state index contributed by atoms with van der Waals surface area (Å²) in [4.78, 5) is 11.7. The second-order valence-electron chi connectivity index (χ2n) is 3.14. The normalized spacial score (nSPS) is 15.7. The van der Waals surface area contributed by atoms with Crippen LogP contribution >= 0.6 is 27.5 Å². The number of hydrogen-bond donors (Lipinski definition) is 0. The monoisotopic (exact) mass is 274 g/mol. The number of ketones is 1. The molecule has 0 bridgehead atoms.